The van der Waals surface area contributed by atoms with Crippen LogP contribution in [-0.4, -0.2) is 73.3 Å². The monoisotopic (exact) mass is 493 g/mol. The molecule has 5 rings (SSSR count). The van der Waals surface area contributed by atoms with Gasteiger partial charge in [-0.1, -0.05) is 12.1 Å². The van der Waals surface area contributed by atoms with Gasteiger partial charge in [0.25, 0.3) is 0 Å². The number of aryl methyl sites for hydroxylation is 1. The summed E-state index contributed by atoms with van der Waals surface area (Å²) in [6.45, 7) is 7.20. The Balaban J connectivity index is 1.48. The first-order valence-corrected chi connectivity index (χ1v) is 13.1. The van der Waals surface area contributed by atoms with Crippen molar-refractivity contribution in [2.24, 2.45) is 0 Å². The summed E-state index contributed by atoms with van der Waals surface area (Å²) in [4.78, 5) is 16.5. The number of para-hydroxylation sites is 1. The minimum atomic E-state index is -0.199. The second kappa shape index (κ2) is 11.0. The molecule has 0 saturated carbocycles. The fourth-order valence-electron chi connectivity index (χ4n) is 5.75. The molecule has 0 unspecified atom stereocenters. The third-order valence-electron chi connectivity index (χ3n) is 7.72. The quantitative estimate of drug-likeness (QED) is 0.658. The lowest BCUT2D eigenvalue weighted by Gasteiger charge is -2.35. The molecule has 0 amide bonds. The molecule has 9 heteroatoms. The highest BCUT2D eigenvalue weighted by atomic mass is 19.1. The number of nitrogens with one attached hydrogen (secondary N) is 1. The van der Waals surface area contributed by atoms with Crippen molar-refractivity contribution in [1.82, 2.24) is 20.2 Å². The van der Waals surface area contributed by atoms with Crippen molar-refractivity contribution in [3.63, 3.8) is 0 Å². The van der Waals surface area contributed by atoms with Crippen molar-refractivity contribution in [3.8, 4) is 12.1 Å². The second-order valence-corrected chi connectivity index (χ2v) is 10.2. The Morgan fingerprint density at radius 1 is 1.19 bits per heavy atom. The highest BCUT2D eigenvalue weighted by Crippen LogP contribution is 2.33. The number of nitrogens with zero attached hydrogens (tertiary/aromatic N) is 6. The zero-order valence-electron chi connectivity index (χ0n) is 21.3. The van der Waals surface area contributed by atoms with Crippen LogP contribution in [0.3, 0.4) is 0 Å². The first-order chi connectivity index (χ1) is 17.5. The average Bonchev–Trinajstić information content (AvgIpc) is 3.16. The minimum absolute atomic E-state index is 0.106. The number of likely N-dealkylation sites (tertiary alicyclic amines) is 1. The molecule has 3 aliphatic rings. The third kappa shape index (κ3) is 5.25. The minimum Gasteiger partial charge on any atom is -0.462 e. The van der Waals surface area contributed by atoms with Crippen LogP contribution in [0.5, 0.6) is 6.01 Å². The summed E-state index contributed by atoms with van der Waals surface area (Å²) in [5, 5.41) is 12.7. The molecule has 2 fully saturated rings. The molecule has 1 aromatic heterocycles. The molecule has 2 saturated heterocycles. The van der Waals surface area contributed by atoms with Crippen LogP contribution < -0.4 is 19.9 Å². The summed E-state index contributed by atoms with van der Waals surface area (Å²) >= 11 is 0. The van der Waals surface area contributed by atoms with Gasteiger partial charge in [-0.2, -0.15) is 15.2 Å². The van der Waals surface area contributed by atoms with E-state index in [-0.39, 0.29) is 11.9 Å². The smallest absolute Gasteiger partial charge is 0.318 e. The zero-order chi connectivity index (χ0) is 25.1. The van der Waals surface area contributed by atoms with Gasteiger partial charge in [0.1, 0.15) is 18.2 Å². The van der Waals surface area contributed by atoms with E-state index in [1.54, 1.807) is 6.07 Å². The Morgan fingerprint density at radius 2 is 2.08 bits per heavy atom. The highest BCUT2D eigenvalue weighted by Gasteiger charge is 2.29. The van der Waals surface area contributed by atoms with Crippen LogP contribution in [0, 0.1) is 24.1 Å². The Labute approximate surface area is 213 Å². The summed E-state index contributed by atoms with van der Waals surface area (Å²) in [5.41, 5.74) is 3.60. The van der Waals surface area contributed by atoms with Crippen molar-refractivity contribution in [2.45, 2.75) is 57.7 Å². The number of fused-ring (bicyclic) bond motifs is 1. The number of hydrogen-bond donors (Lipinski definition) is 1. The first-order valence-electron chi connectivity index (χ1n) is 13.1. The topological polar surface area (TPSA) is 80.6 Å². The molecule has 0 aliphatic carbocycles. The summed E-state index contributed by atoms with van der Waals surface area (Å²) < 4.78 is 21.1. The van der Waals surface area contributed by atoms with E-state index in [4.69, 9.17) is 14.7 Å². The molecular formula is C27H36FN7O. The van der Waals surface area contributed by atoms with Crippen molar-refractivity contribution in [3.05, 3.63) is 40.8 Å². The number of nitriles is 1. The number of ether oxygens (including phenoxy) is 1. The van der Waals surface area contributed by atoms with E-state index < -0.39 is 0 Å². The summed E-state index contributed by atoms with van der Waals surface area (Å²) in [6, 6.07) is 8.40. The number of rotatable bonds is 6. The number of benzene rings is 1. The SMILES string of the molecule is Cc1cccc(F)c1N1CCCc2c(nc(OC[C@@H]3CCCN3C)nc2N2CCN[C@@H](CC#N)C2)C1. The van der Waals surface area contributed by atoms with E-state index in [0.29, 0.717) is 37.3 Å². The Morgan fingerprint density at radius 3 is 2.86 bits per heavy atom. The Kier molecular flexibility index (Phi) is 7.54. The molecule has 192 valence electrons. The van der Waals surface area contributed by atoms with Crippen LogP contribution in [-0.2, 0) is 13.0 Å². The van der Waals surface area contributed by atoms with Crippen LogP contribution in [0.2, 0.25) is 0 Å². The van der Waals surface area contributed by atoms with Crippen LogP contribution >= 0.6 is 0 Å². The fraction of sp³-hybridized carbons (Fsp3) is 0.593. The number of likely N-dealkylation sites (N-methyl/N-ethyl adjacent to an activating group) is 1. The number of hydrogen-bond acceptors (Lipinski definition) is 8. The Hall–Kier alpha value is -2.96. The molecular weight excluding hydrogens is 457 g/mol. The van der Waals surface area contributed by atoms with Gasteiger partial charge in [0.15, 0.2) is 0 Å². The van der Waals surface area contributed by atoms with E-state index in [1.807, 2.05) is 13.0 Å². The van der Waals surface area contributed by atoms with Crippen LogP contribution in [0.4, 0.5) is 15.9 Å². The molecule has 2 atom stereocenters. The molecule has 1 aromatic carbocycles. The van der Waals surface area contributed by atoms with Gasteiger partial charge in [-0.3, -0.25) is 0 Å². The van der Waals surface area contributed by atoms with Gasteiger partial charge in [-0.05, 0) is 57.8 Å². The van der Waals surface area contributed by atoms with Crippen molar-refractivity contribution >= 4 is 11.5 Å². The standard InChI is InChI=1S/C27H36FN7O/c1-19-6-3-9-23(28)25(19)34-14-5-8-22-24(17-34)31-27(36-18-21-7-4-13-33(21)2)32-26(22)35-15-12-30-20(16-35)10-11-29/h3,6,9,20-21,30H,4-5,7-8,10,12-18H2,1-2H3/t20-,21-/m0/s1. The third-order valence-corrected chi connectivity index (χ3v) is 7.72. The maximum absolute atomic E-state index is 14.9. The molecule has 2 aromatic rings. The normalized spacial score (nSPS) is 22.7. The van der Waals surface area contributed by atoms with Gasteiger partial charge in [0, 0.05) is 43.8 Å². The predicted octanol–water partition coefficient (Wildman–Crippen LogP) is 3.04. The molecule has 0 spiro atoms. The van der Waals surface area contributed by atoms with Gasteiger partial charge in [0.2, 0.25) is 0 Å². The number of piperazine rings is 1. The fourth-order valence-corrected chi connectivity index (χ4v) is 5.75. The van der Waals surface area contributed by atoms with Gasteiger partial charge in [-0.15, -0.1) is 0 Å². The first kappa shape index (κ1) is 24.7. The van der Waals surface area contributed by atoms with Crippen LogP contribution in [0.25, 0.3) is 0 Å². The van der Waals surface area contributed by atoms with Crippen molar-refractivity contribution in [2.75, 3.05) is 56.2 Å². The van der Waals surface area contributed by atoms with E-state index in [2.05, 4.69) is 33.1 Å². The van der Waals surface area contributed by atoms with Gasteiger partial charge >= 0.3 is 6.01 Å². The zero-order valence-corrected chi connectivity index (χ0v) is 21.3. The van der Waals surface area contributed by atoms with E-state index in [9.17, 15) is 9.65 Å². The van der Waals surface area contributed by atoms with E-state index in [0.717, 1.165) is 74.6 Å². The Bertz CT molecular complexity index is 1100. The molecule has 8 nitrogen and oxygen atoms in total. The highest BCUT2D eigenvalue weighted by molar-refractivity contribution is 5.57. The number of aromatic nitrogens is 2. The summed E-state index contributed by atoms with van der Waals surface area (Å²) in [6.07, 6.45) is 4.47. The molecule has 36 heavy (non-hydrogen) atoms. The molecule has 0 radical (unpaired) electrons. The second-order valence-electron chi connectivity index (χ2n) is 10.2. The lowest BCUT2D eigenvalue weighted by molar-refractivity contribution is 0.187. The molecule has 0 bridgehead atoms. The number of halogens is 1. The molecule has 1 N–H and O–H groups in total. The van der Waals surface area contributed by atoms with Gasteiger partial charge in [-0.25, -0.2) is 4.39 Å². The summed E-state index contributed by atoms with van der Waals surface area (Å²) in [5.74, 6) is 0.709. The number of anilines is 2. The lowest BCUT2D eigenvalue weighted by atomic mass is 10.1. The predicted molar refractivity (Wildman–Crippen MR) is 138 cm³/mol. The van der Waals surface area contributed by atoms with Crippen molar-refractivity contribution in [1.29, 1.82) is 5.26 Å². The summed E-state index contributed by atoms with van der Waals surface area (Å²) in [7, 11) is 2.13. The average molecular weight is 494 g/mol. The van der Waals surface area contributed by atoms with Crippen molar-refractivity contribution < 1.29 is 9.13 Å². The van der Waals surface area contributed by atoms with E-state index in [1.165, 1.54) is 12.5 Å². The largest absolute Gasteiger partial charge is 0.462 e. The van der Waals surface area contributed by atoms with Gasteiger partial charge < -0.3 is 24.8 Å². The maximum Gasteiger partial charge on any atom is 0.318 e. The molecule has 4 heterocycles. The van der Waals surface area contributed by atoms with E-state index >= 15 is 0 Å². The van der Waals surface area contributed by atoms with Crippen LogP contribution in [0.15, 0.2) is 18.2 Å². The maximum atomic E-state index is 14.9. The van der Waals surface area contributed by atoms with Crippen LogP contribution in [0.1, 0.15) is 42.5 Å². The van der Waals surface area contributed by atoms with Gasteiger partial charge in [0.05, 0.1) is 30.4 Å². The lowest BCUT2D eigenvalue weighted by Crippen LogP contribution is -2.51. The molecule has 3 aliphatic heterocycles.